The van der Waals surface area contributed by atoms with E-state index in [1.165, 1.54) is 5.56 Å². The van der Waals surface area contributed by atoms with Crippen LogP contribution in [0.5, 0.6) is 6.01 Å². The first kappa shape index (κ1) is 14.2. The molecule has 0 bridgehead atoms. The number of rotatable bonds is 5. The van der Waals surface area contributed by atoms with Gasteiger partial charge in [0.15, 0.2) is 5.82 Å². The van der Waals surface area contributed by atoms with Gasteiger partial charge in [-0.1, -0.05) is 30.7 Å². The third-order valence-electron chi connectivity index (χ3n) is 2.95. The van der Waals surface area contributed by atoms with Crippen LogP contribution in [0.1, 0.15) is 24.5 Å². The fraction of sp³-hybridized carbons (Fsp3) is 0.400. The molecular formula is C15H20N4O. The van der Waals surface area contributed by atoms with Crippen LogP contribution in [0.2, 0.25) is 0 Å². The van der Waals surface area contributed by atoms with Crippen LogP contribution in [-0.4, -0.2) is 28.6 Å². The van der Waals surface area contributed by atoms with Crippen LogP contribution in [-0.2, 0) is 0 Å². The van der Waals surface area contributed by atoms with Crippen molar-refractivity contribution in [2.45, 2.75) is 27.2 Å². The van der Waals surface area contributed by atoms with Gasteiger partial charge in [-0.05, 0) is 25.8 Å². The first-order chi connectivity index (χ1) is 9.63. The molecule has 5 heteroatoms. The predicted molar refractivity (Wildman–Crippen MR) is 80.1 cm³/mol. The minimum atomic E-state index is 0.327. The van der Waals surface area contributed by atoms with E-state index in [-0.39, 0.29) is 0 Å². The molecular weight excluding hydrogens is 252 g/mol. The molecule has 0 aliphatic carbocycles. The van der Waals surface area contributed by atoms with E-state index in [4.69, 9.17) is 4.74 Å². The Balaban J connectivity index is 2.44. The molecule has 1 aromatic carbocycles. The van der Waals surface area contributed by atoms with Crippen molar-refractivity contribution in [2.24, 2.45) is 0 Å². The van der Waals surface area contributed by atoms with Gasteiger partial charge in [-0.3, -0.25) is 0 Å². The summed E-state index contributed by atoms with van der Waals surface area (Å²) in [5, 5.41) is 3.17. The molecule has 5 nitrogen and oxygen atoms in total. The maximum atomic E-state index is 5.16. The van der Waals surface area contributed by atoms with Crippen LogP contribution in [0.4, 0.5) is 5.95 Å². The maximum absolute atomic E-state index is 5.16. The van der Waals surface area contributed by atoms with Gasteiger partial charge in [0.2, 0.25) is 5.95 Å². The van der Waals surface area contributed by atoms with E-state index in [2.05, 4.69) is 53.2 Å². The second-order valence-corrected chi connectivity index (χ2v) is 4.71. The van der Waals surface area contributed by atoms with E-state index in [1.807, 2.05) is 6.07 Å². The molecule has 1 aromatic heterocycles. The standard InChI is InChI=1S/C15H20N4O/c1-5-8-16-14-17-13(18-15(19-14)20-4)12-7-6-10(2)9-11(12)3/h6-7,9H,5,8H2,1-4H3,(H,16,17,18,19). The van der Waals surface area contributed by atoms with Crippen LogP contribution in [0.25, 0.3) is 11.4 Å². The summed E-state index contributed by atoms with van der Waals surface area (Å²) in [4.78, 5) is 13.0. The average molecular weight is 272 g/mol. The molecule has 0 fully saturated rings. The molecule has 1 heterocycles. The van der Waals surface area contributed by atoms with Gasteiger partial charge < -0.3 is 10.1 Å². The molecule has 0 radical (unpaired) electrons. The summed E-state index contributed by atoms with van der Waals surface area (Å²) in [6, 6.07) is 6.53. The molecule has 0 saturated carbocycles. The Morgan fingerprint density at radius 2 is 1.95 bits per heavy atom. The van der Waals surface area contributed by atoms with E-state index in [0.717, 1.165) is 24.1 Å². The van der Waals surface area contributed by atoms with Gasteiger partial charge in [0.1, 0.15) is 0 Å². The van der Waals surface area contributed by atoms with Gasteiger partial charge in [0.05, 0.1) is 7.11 Å². The fourth-order valence-electron chi connectivity index (χ4n) is 1.95. The van der Waals surface area contributed by atoms with E-state index < -0.39 is 0 Å². The van der Waals surface area contributed by atoms with Crippen molar-refractivity contribution < 1.29 is 4.74 Å². The Kier molecular flexibility index (Phi) is 4.50. The topological polar surface area (TPSA) is 59.9 Å². The largest absolute Gasteiger partial charge is 0.467 e. The Bertz CT molecular complexity index is 598. The maximum Gasteiger partial charge on any atom is 0.321 e. The summed E-state index contributed by atoms with van der Waals surface area (Å²) in [7, 11) is 1.56. The van der Waals surface area contributed by atoms with Crippen molar-refractivity contribution in [3.05, 3.63) is 29.3 Å². The zero-order valence-corrected chi connectivity index (χ0v) is 12.4. The van der Waals surface area contributed by atoms with E-state index in [0.29, 0.717) is 17.8 Å². The number of hydrogen-bond acceptors (Lipinski definition) is 5. The number of methoxy groups -OCH3 is 1. The fourth-order valence-corrected chi connectivity index (χ4v) is 1.95. The molecule has 0 unspecified atom stereocenters. The SMILES string of the molecule is CCCNc1nc(OC)nc(-c2ccc(C)cc2C)n1. The summed E-state index contributed by atoms with van der Waals surface area (Å²) < 4.78 is 5.16. The summed E-state index contributed by atoms with van der Waals surface area (Å²) in [6.07, 6.45) is 1.01. The zero-order valence-electron chi connectivity index (χ0n) is 12.4. The highest BCUT2D eigenvalue weighted by Crippen LogP contribution is 2.23. The number of nitrogens with one attached hydrogen (secondary N) is 1. The van der Waals surface area contributed by atoms with Crippen molar-refractivity contribution in [1.82, 2.24) is 15.0 Å². The van der Waals surface area contributed by atoms with Crippen LogP contribution < -0.4 is 10.1 Å². The van der Waals surface area contributed by atoms with E-state index in [1.54, 1.807) is 7.11 Å². The van der Waals surface area contributed by atoms with Gasteiger partial charge in [-0.2, -0.15) is 15.0 Å². The van der Waals surface area contributed by atoms with Gasteiger partial charge in [0, 0.05) is 12.1 Å². The number of aromatic nitrogens is 3. The molecule has 0 saturated heterocycles. The molecule has 0 aliphatic heterocycles. The minimum absolute atomic E-state index is 0.327. The van der Waals surface area contributed by atoms with Gasteiger partial charge >= 0.3 is 6.01 Å². The monoisotopic (exact) mass is 272 g/mol. The molecule has 1 N–H and O–H groups in total. The van der Waals surface area contributed by atoms with Crippen molar-refractivity contribution in [3.8, 4) is 17.4 Å². The van der Waals surface area contributed by atoms with Crippen LogP contribution in [0.3, 0.4) is 0 Å². The Labute approximate surface area is 119 Å². The van der Waals surface area contributed by atoms with E-state index in [9.17, 15) is 0 Å². The summed E-state index contributed by atoms with van der Waals surface area (Å²) >= 11 is 0. The molecule has 2 rings (SSSR count). The highest BCUT2D eigenvalue weighted by molar-refractivity contribution is 5.61. The average Bonchev–Trinajstić information content (AvgIpc) is 2.44. The molecule has 0 amide bonds. The van der Waals surface area contributed by atoms with Gasteiger partial charge in [-0.25, -0.2) is 0 Å². The van der Waals surface area contributed by atoms with Crippen LogP contribution in [0, 0.1) is 13.8 Å². The third kappa shape index (κ3) is 3.23. The number of aryl methyl sites for hydroxylation is 2. The summed E-state index contributed by atoms with van der Waals surface area (Å²) in [5.74, 6) is 1.18. The van der Waals surface area contributed by atoms with Crippen molar-refractivity contribution in [1.29, 1.82) is 0 Å². The first-order valence-electron chi connectivity index (χ1n) is 6.75. The van der Waals surface area contributed by atoms with E-state index >= 15 is 0 Å². The lowest BCUT2D eigenvalue weighted by Gasteiger charge is -2.09. The number of ether oxygens (including phenoxy) is 1. The number of hydrogen-bond donors (Lipinski definition) is 1. The van der Waals surface area contributed by atoms with Crippen molar-refractivity contribution in [2.75, 3.05) is 19.0 Å². The quantitative estimate of drug-likeness (QED) is 0.906. The molecule has 20 heavy (non-hydrogen) atoms. The number of anilines is 1. The zero-order chi connectivity index (χ0) is 14.5. The molecule has 0 atom stereocenters. The number of benzene rings is 1. The predicted octanol–water partition coefficient (Wildman–Crippen LogP) is 2.99. The second kappa shape index (κ2) is 6.32. The Hall–Kier alpha value is -2.17. The van der Waals surface area contributed by atoms with Gasteiger partial charge in [0.25, 0.3) is 0 Å². The molecule has 0 aliphatic rings. The first-order valence-corrected chi connectivity index (χ1v) is 6.75. The highest BCUT2D eigenvalue weighted by Gasteiger charge is 2.10. The second-order valence-electron chi connectivity index (χ2n) is 4.71. The van der Waals surface area contributed by atoms with Crippen molar-refractivity contribution in [3.63, 3.8) is 0 Å². The summed E-state index contributed by atoms with van der Waals surface area (Å²) in [5.41, 5.74) is 3.35. The summed E-state index contributed by atoms with van der Waals surface area (Å²) in [6.45, 7) is 7.03. The number of nitrogens with zero attached hydrogens (tertiary/aromatic N) is 3. The normalized spacial score (nSPS) is 10.4. The lowest BCUT2D eigenvalue weighted by molar-refractivity contribution is 0.379. The minimum Gasteiger partial charge on any atom is -0.467 e. The van der Waals surface area contributed by atoms with Gasteiger partial charge in [-0.15, -0.1) is 0 Å². The molecule has 0 spiro atoms. The van der Waals surface area contributed by atoms with Crippen molar-refractivity contribution >= 4 is 5.95 Å². The Morgan fingerprint density at radius 3 is 2.60 bits per heavy atom. The smallest absolute Gasteiger partial charge is 0.321 e. The lowest BCUT2D eigenvalue weighted by atomic mass is 10.1. The van der Waals surface area contributed by atoms with Crippen LogP contribution >= 0.6 is 0 Å². The third-order valence-corrected chi connectivity index (χ3v) is 2.95. The highest BCUT2D eigenvalue weighted by atomic mass is 16.5. The molecule has 2 aromatic rings. The lowest BCUT2D eigenvalue weighted by Crippen LogP contribution is -2.08. The van der Waals surface area contributed by atoms with Crippen LogP contribution in [0.15, 0.2) is 18.2 Å². The Morgan fingerprint density at radius 1 is 1.15 bits per heavy atom. The molecule has 106 valence electrons.